The van der Waals surface area contributed by atoms with Gasteiger partial charge in [0.2, 0.25) is 0 Å². The number of carboxylic acid groups (broad SMARTS) is 1. The minimum Gasteiger partial charge on any atom is -0.479 e. The summed E-state index contributed by atoms with van der Waals surface area (Å²) in [5, 5.41) is 24.8. The number of fused-ring (bicyclic) bond motifs is 1. The number of rotatable bonds is 9. The van der Waals surface area contributed by atoms with E-state index in [-0.39, 0.29) is 12.1 Å². The van der Waals surface area contributed by atoms with Gasteiger partial charge in [0.25, 0.3) is 5.91 Å². The molecule has 4 N–H and O–H groups in total. The highest BCUT2D eigenvalue weighted by Crippen LogP contribution is 2.35. The number of amides is 3. The number of aromatic nitrogens is 1. The van der Waals surface area contributed by atoms with Crippen LogP contribution in [0.5, 0.6) is 0 Å². The zero-order valence-electron chi connectivity index (χ0n) is 22.8. The fourth-order valence-corrected chi connectivity index (χ4v) is 6.17. The lowest BCUT2D eigenvalue weighted by atomic mass is 9.93. The van der Waals surface area contributed by atoms with E-state index in [0.717, 1.165) is 30.4 Å². The maximum Gasteiger partial charge on any atom is 0.334 e. The first kappa shape index (κ1) is 30.5. The monoisotopic (exact) mass is 638 g/mol. The zero-order chi connectivity index (χ0) is 30.5. The van der Waals surface area contributed by atoms with Gasteiger partial charge >= 0.3 is 12.0 Å². The van der Waals surface area contributed by atoms with E-state index < -0.39 is 30.6 Å². The number of carboxylic acids is 1. The number of hydrogen-bond donors (Lipinski definition) is 4. The lowest BCUT2D eigenvalue weighted by molar-refractivity contribution is -0.146. The second-order valence-corrected chi connectivity index (χ2v) is 11.9. The Kier molecular flexibility index (Phi) is 9.62. The van der Waals surface area contributed by atoms with Crippen molar-refractivity contribution in [2.45, 2.75) is 38.3 Å². The number of thiazole rings is 1. The molecule has 1 aliphatic rings. The standard InChI is InChI=1S/C31H28Cl2N4O5S/c32-22-14-24(33)27-25(15-22)35-30(43-27)36-31(42)37(23-12-10-20(11-13-23)19-4-2-1-3-5-19)17-18-6-8-21(9-7-18)28(39)34-16-26(38)29(40)41/h4,6-15,26,38H,1-3,5,16-17H2,(H,34,39)(H,40,41)(H,35,36,42)/t26-/m1/s1. The van der Waals surface area contributed by atoms with E-state index in [4.69, 9.17) is 28.3 Å². The first-order chi connectivity index (χ1) is 20.7. The van der Waals surface area contributed by atoms with Crippen LogP contribution in [0, 0.1) is 0 Å². The SMILES string of the molecule is O=C(NC[C@@H](O)C(=O)O)c1ccc(CN(C(=O)Nc2nc3cc(Cl)cc(Cl)c3s2)c2ccc(C3=CCCCC3)cc2)cc1. The number of benzene rings is 3. The van der Waals surface area contributed by atoms with E-state index in [9.17, 15) is 19.5 Å². The normalized spacial score (nSPS) is 13.7. The van der Waals surface area contributed by atoms with Crippen LogP contribution >= 0.6 is 34.5 Å². The predicted molar refractivity (Wildman–Crippen MR) is 170 cm³/mol. The molecule has 0 unspecified atom stereocenters. The van der Waals surface area contributed by atoms with Crippen LogP contribution < -0.4 is 15.5 Å². The molecule has 12 heteroatoms. The van der Waals surface area contributed by atoms with Gasteiger partial charge in [-0.05, 0) is 78.8 Å². The van der Waals surface area contributed by atoms with Gasteiger partial charge in [-0.2, -0.15) is 0 Å². The number of urea groups is 1. The summed E-state index contributed by atoms with van der Waals surface area (Å²) >= 11 is 13.7. The molecule has 0 bridgehead atoms. The third-order valence-electron chi connectivity index (χ3n) is 7.01. The largest absolute Gasteiger partial charge is 0.479 e. The highest BCUT2D eigenvalue weighted by Gasteiger charge is 2.20. The van der Waals surface area contributed by atoms with Crippen LogP contribution in [0.1, 0.15) is 47.2 Å². The van der Waals surface area contributed by atoms with Crippen LogP contribution in [0.2, 0.25) is 10.0 Å². The smallest absolute Gasteiger partial charge is 0.334 e. The van der Waals surface area contributed by atoms with Crippen molar-refractivity contribution in [3.05, 3.63) is 93.5 Å². The summed E-state index contributed by atoms with van der Waals surface area (Å²) in [4.78, 5) is 43.0. The molecule has 0 fully saturated rings. The molecule has 0 aliphatic heterocycles. The van der Waals surface area contributed by atoms with Crippen LogP contribution in [0.3, 0.4) is 0 Å². The Balaban J connectivity index is 1.37. The molecule has 0 spiro atoms. The molecule has 1 heterocycles. The number of halogens is 2. The van der Waals surface area contributed by atoms with Crippen molar-refractivity contribution in [2.24, 2.45) is 0 Å². The van der Waals surface area contributed by atoms with Crippen molar-refractivity contribution in [3.8, 4) is 0 Å². The number of carbonyl (C=O) groups is 3. The average molecular weight is 640 g/mol. The minimum absolute atomic E-state index is 0.185. The topological polar surface area (TPSA) is 132 Å². The second kappa shape index (κ2) is 13.6. The molecule has 3 aromatic carbocycles. The summed E-state index contributed by atoms with van der Waals surface area (Å²) in [5.41, 5.74) is 4.72. The van der Waals surface area contributed by atoms with E-state index >= 15 is 0 Å². The summed E-state index contributed by atoms with van der Waals surface area (Å²) in [5.74, 6) is -1.95. The van der Waals surface area contributed by atoms with Gasteiger partial charge < -0.3 is 15.5 Å². The Morgan fingerprint density at radius 1 is 1.02 bits per heavy atom. The number of aliphatic carboxylic acids is 1. The van der Waals surface area contributed by atoms with Crippen molar-refractivity contribution in [3.63, 3.8) is 0 Å². The minimum atomic E-state index is -1.69. The second-order valence-electron chi connectivity index (χ2n) is 10.1. The van der Waals surface area contributed by atoms with Gasteiger partial charge in [-0.3, -0.25) is 15.0 Å². The van der Waals surface area contributed by atoms with Crippen molar-refractivity contribution in [1.29, 1.82) is 0 Å². The first-order valence-corrected chi connectivity index (χ1v) is 15.2. The van der Waals surface area contributed by atoms with Gasteiger partial charge in [-0.15, -0.1) is 0 Å². The van der Waals surface area contributed by atoms with Gasteiger partial charge in [0.1, 0.15) is 0 Å². The number of aliphatic hydroxyl groups excluding tert-OH is 1. The molecule has 222 valence electrons. The Hall–Kier alpha value is -3.96. The van der Waals surface area contributed by atoms with Crippen LogP contribution in [-0.4, -0.2) is 45.8 Å². The Labute approximate surface area is 261 Å². The highest BCUT2D eigenvalue weighted by molar-refractivity contribution is 7.23. The number of nitrogens with one attached hydrogen (secondary N) is 2. The van der Waals surface area contributed by atoms with Gasteiger partial charge in [0.15, 0.2) is 11.2 Å². The maximum absolute atomic E-state index is 13.7. The van der Waals surface area contributed by atoms with Crippen molar-refractivity contribution in [2.75, 3.05) is 16.8 Å². The molecule has 1 aromatic heterocycles. The predicted octanol–water partition coefficient (Wildman–Crippen LogP) is 6.97. The fourth-order valence-electron chi connectivity index (χ4n) is 4.73. The third-order valence-corrected chi connectivity index (χ3v) is 8.66. The Morgan fingerprint density at radius 3 is 2.44 bits per heavy atom. The lowest BCUT2D eigenvalue weighted by Gasteiger charge is -2.24. The molecule has 0 saturated heterocycles. The highest BCUT2D eigenvalue weighted by atomic mass is 35.5. The molecular weight excluding hydrogens is 611 g/mol. The molecule has 0 saturated carbocycles. The third kappa shape index (κ3) is 7.52. The van der Waals surface area contributed by atoms with Crippen LogP contribution in [-0.2, 0) is 11.3 Å². The van der Waals surface area contributed by atoms with Gasteiger partial charge in [0.05, 0.1) is 28.3 Å². The summed E-state index contributed by atoms with van der Waals surface area (Å²) in [7, 11) is 0. The maximum atomic E-state index is 13.7. The molecule has 43 heavy (non-hydrogen) atoms. The fraction of sp³-hybridized carbons (Fsp3) is 0.226. The number of allylic oxidation sites excluding steroid dienone is 2. The molecular formula is C31H28Cl2N4O5S. The van der Waals surface area contributed by atoms with E-state index in [1.54, 1.807) is 41.3 Å². The summed E-state index contributed by atoms with van der Waals surface area (Å²) in [6.07, 6.45) is 5.03. The van der Waals surface area contributed by atoms with E-state index in [1.807, 2.05) is 24.3 Å². The van der Waals surface area contributed by atoms with E-state index in [2.05, 4.69) is 21.7 Å². The first-order valence-electron chi connectivity index (χ1n) is 13.6. The Morgan fingerprint density at radius 2 is 1.77 bits per heavy atom. The molecule has 9 nitrogen and oxygen atoms in total. The molecule has 4 aromatic rings. The number of nitrogens with zero attached hydrogens (tertiary/aromatic N) is 2. The zero-order valence-corrected chi connectivity index (χ0v) is 25.2. The van der Waals surface area contributed by atoms with Gasteiger partial charge in [0, 0.05) is 16.3 Å². The van der Waals surface area contributed by atoms with Crippen LogP contribution in [0.4, 0.5) is 15.6 Å². The van der Waals surface area contributed by atoms with Crippen LogP contribution in [0.15, 0.2) is 66.7 Å². The van der Waals surface area contributed by atoms with Crippen LogP contribution in [0.25, 0.3) is 15.8 Å². The molecule has 1 atom stereocenters. The molecule has 1 aliphatic carbocycles. The molecule has 3 amide bonds. The summed E-state index contributed by atoms with van der Waals surface area (Å²) in [6.45, 7) is -0.231. The number of aliphatic hydroxyl groups is 1. The molecule has 5 rings (SSSR count). The van der Waals surface area contributed by atoms with Crippen molar-refractivity contribution in [1.82, 2.24) is 10.3 Å². The Bertz CT molecular complexity index is 1690. The summed E-state index contributed by atoms with van der Waals surface area (Å²) in [6, 6.07) is 17.3. The quantitative estimate of drug-likeness (QED) is 0.156. The summed E-state index contributed by atoms with van der Waals surface area (Å²) < 4.78 is 0.711. The van der Waals surface area contributed by atoms with Gasteiger partial charge in [-0.1, -0.05) is 64.9 Å². The average Bonchev–Trinajstić information content (AvgIpc) is 3.41. The van der Waals surface area contributed by atoms with Gasteiger partial charge in [-0.25, -0.2) is 14.6 Å². The number of hydrogen-bond acceptors (Lipinski definition) is 6. The van der Waals surface area contributed by atoms with E-state index in [1.165, 1.54) is 23.3 Å². The molecule has 0 radical (unpaired) electrons. The van der Waals surface area contributed by atoms with Crippen molar-refractivity contribution < 1.29 is 24.6 Å². The van der Waals surface area contributed by atoms with Crippen molar-refractivity contribution >= 4 is 79.1 Å². The van der Waals surface area contributed by atoms with E-state index in [0.29, 0.717) is 31.1 Å². The number of anilines is 2. The number of carbonyl (C=O) groups excluding carboxylic acids is 2. The lowest BCUT2D eigenvalue weighted by Crippen LogP contribution is -2.36.